The number of hydrogen-bond acceptors (Lipinski definition) is 5. The highest BCUT2D eigenvalue weighted by molar-refractivity contribution is 7.08. The van der Waals surface area contributed by atoms with E-state index in [2.05, 4.69) is 0 Å². The number of aliphatic hydroxyl groups excluding tert-OH is 1. The van der Waals surface area contributed by atoms with Gasteiger partial charge < -0.3 is 19.7 Å². The molecule has 2 N–H and O–H groups in total. The summed E-state index contributed by atoms with van der Waals surface area (Å²) < 4.78 is 11.2. The molecule has 126 valence electrons. The maximum atomic E-state index is 11.3. The Morgan fingerprint density at radius 3 is 2.62 bits per heavy atom. The van der Waals surface area contributed by atoms with Crippen LogP contribution >= 0.6 is 11.3 Å². The van der Waals surface area contributed by atoms with Gasteiger partial charge in [0.05, 0.1) is 13.2 Å². The van der Waals surface area contributed by atoms with Crippen LogP contribution in [0.2, 0.25) is 0 Å². The van der Waals surface area contributed by atoms with E-state index in [1.165, 1.54) is 0 Å². The number of carboxylic acids is 1. The summed E-state index contributed by atoms with van der Waals surface area (Å²) in [5, 5.41) is 22.3. The first-order valence-corrected chi connectivity index (χ1v) is 8.54. The second-order valence-electron chi connectivity index (χ2n) is 5.57. The van der Waals surface area contributed by atoms with Crippen molar-refractivity contribution in [3.63, 3.8) is 0 Å². The number of rotatable bonds is 6. The van der Waals surface area contributed by atoms with Gasteiger partial charge in [0.2, 0.25) is 12.0 Å². The summed E-state index contributed by atoms with van der Waals surface area (Å²) >= 11 is 1.58. The molecule has 0 aliphatic carbocycles. The van der Waals surface area contributed by atoms with Gasteiger partial charge >= 0.3 is 5.97 Å². The Morgan fingerprint density at radius 2 is 2.00 bits per heavy atom. The molecular formula is C18H18O5S. The van der Waals surface area contributed by atoms with Gasteiger partial charge in [0, 0.05) is 12.3 Å². The highest BCUT2D eigenvalue weighted by Gasteiger charge is 2.28. The molecule has 0 saturated heterocycles. The summed E-state index contributed by atoms with van der Waals surface area (Å²) in [6.07, 6.45) is 1.60. The van der Waals surface area contributed by atoms with Crippen LogP contribution in [0.3, 0.4) is 0 Å². The molecule has 0 radical (unpaired) electrons. The monoisotopic (exact) mass is 346 g/mol. The molecule has 2 atom stereocenters. The maximum absolute atomic E-state index is 11.3. The van der Waals surface area contributed by atoms with E-state index >= 15 is 0 Å². The molecule has 0 spiro atoms. The van der Waals surface area contributed by atoms with Crippen LogP contribution in [0.25, 0.3) is 0 Å². The highest BCUT2D eigenvalue weighted by atomic mass is 32.1. The fourth-order valence-electron chi connectivity index (χ4n) is 2.56. The minimum atomic E-state index is -1.09. The van der Waals surface area contributed by atoms with Crippen molar-refractivity contribution in [3.05, 3.63) is 69.6 Å². The maximum Gasteiger partial charge on any atom is 0.370 e. The Morgan fingerprint density at radius 1 is 1.25 bits per heavy atom. The number of allylic oxidation sites excluding steroid dienone is 1. The van der Waals surface area contributed by atoms with Gasteiger partial charge in [0.25, 0.3) is 0 Å². The average Bonchev–Trinajstić information content (AvgIpc) is 3.15. The van der Waals surface area contributed by atoms with E-state index in [1.54, 1.807) is 17.4 Å². The minimum absolute atomic E-state index is 0.00195. The van der Waals surface area contributed by atoms with Crippen LogP contribution in [-0.4, -0.2) is 22.5 Å². The predicted octanol–water partition coefficient (Wildman–Crippen LogP) is 3.26. The summed E-state index contributed by atoms with van der Waals surface area (Å²) in [6.45, 7) is 0.321. The number of aliphatic carboxylic acids is 1. The number of benzene rings is 1. The first kappa shape index (κ1) is 16.7. The number of ether oxygens (including phenoxy) is 2. The van der Waals surface area contributed by atoms with Gasteiger partial charge in [-0.2, -0.15) is 11.3 Å². The van der Waals surface area contributed by atoms with Crippen LogP contribution in [0.4, 0.5) is 0 Å². The van der Waals surface area contributed by atoms with E-state index < -0.39 is 12.3 Å². The highest BCUT2D eigenvalue weighted by Crippen LogP contribution is 2.32. The smallest absolute Gasteiger partial charge is 0.370 e. The summed E-state index contributed by atoms with van der Waals surface area (Å²) in [5.74, 6) is -1.19. The summed E-state index contributed by atoms with van der Waals surface area (Å²) in [6, 6.07) is 9.40. The molecule has 2 unspecified atom stereocenters. The molecule has 0 amide bonds. The third-order valence-electron chi connectivity index (χ3n) is 3.88. The van der Waals surface area contributed by atoms with Crippen molar-refractivity contribution in [2.75, 3.05) is 0 Å². The van der Waals surface area contributed by atoms with Gasteiger partial charge in [-0.05, 0) is 39.6 Å². The Balaban J connectivity index is 1.66. The molecule has 6 heteroatoms. The third kappa shape index (κ3) is 4.03. The summed E-state index contributed by atoms with van der Waals surface area (Å²) in [4.78, 5) is 11.3. The fourth-order valence-corrected chi connectivity index (χ4v) is 3.28. The lowest BCUT2D eigenvalue weighted by atomic mass is 9.95. The van der Waals surface area contributed by atoms with E-state index in [0.717, 1.165) is 16.7 Å². The van der Waals surface area contributed by atoms with E-state index in [9.17, 15) is 9.90 Å². The molecule has 2 heterocycles. The van der Waals surface area contributed by atoms with Crippen LogP contribution in [0.5, 0.6) is 0 Å². The van der Waals surface area contributed by atoms with Crippen LogP contribution in [0.15, 0.2) is 52.9 Å². The lowest BCUT2D eigenvalue weighted by Crippen LogP contribution is -2.26. The third-order valence-corrected chi connectivity index (χ3v) is 4.58. The normalized spacial score (nSPS) is 20.3. The van der Waals surface area contributed by atoms with Crippen molar-refractivity contribution in [2.24, 2.45) is 0 Å². The van der Waals surface area contributed by atoms with E-state index in [1.807, 2.05) is 41.1 Å². The second kappa shape index (κ2) is 7.61. The fraction of sp³-hybridized carbons (Fsp3) is 0.278. The van der Waals surface area contributed by atoms with Gasteiger partial charge in [-0.1, -0.05) is 24.3 Å². The van der Waals surface area contributed by atoms with Crippen LogP contribution < -0.4 is 0 Å². The van der Waals surface area contributed by atoms with Gasteiger partial charge in [-0.3, -0.25) is 0 Å². The second-order valence-corrected chi connectivity index (χ2v) is 6.35. The standard InChI is InChI=1S/C18H18O5S/c19-9-12-1-3-13(4-2-12)10-22-17-8-15(14-5-6-24-11-14)7-16(23-17)18(20)21/h1-7,11,15,17,19H,8-10H2,(H,20,21). The summed E-state index contributed by atoms with van der Waals surface area (Å²) in [5.41, 5.74) is 2.85. The van der Waals surface area contributed by atoms with Crippen LogP contribution in [0, 0.1) is 0 Å². The molecule has 2 aromatic rings. The minimum Gasteiger partial charge on any atom is -0.475 e. The van der Waals surface area contributed by atoms with Crippen molar-refractivity contribution in [2.45, 2.75) is 31.8 Å². The topological polar surface area (TPSA) is 76.0 Å². The lowest BCUT2D eigenvalue weighted by Gasteiger charge is -2.28. The van der Waals surface area contributed by atoms with Crippen molar-refractivity contribution in [1.82, 2.24) is 0 Å². The zero-order valence-corrected chi connectivity index (χ0v) is 13.7. The molecule has 1 aromatic heterocycles. The first-order chi connectivity index (χ1) is 11.7. The van der Waals surface area contributed by atoms with Crippen molar-refractivity contribution < 1.29 is 24.5 Å². The molecule has 1 aliphatic heterocycles. The molecular weight excluding hydrogens is 328 g/mol. The largest absolute Gasteiger partial charge is 0.475 e. The number of aliphatic hydroxyl groups is 1. The quantitative estimate of drug-likeness (QED) is 0.840. The van der Waals surface area contributed by atoms with Gasteiger partial charge in [0.1, 0.15) is 0 Å². The number of thiophene rings is 1. The Labute approximate surface area is 143 Å². The molecule has 1 aromatic carbocycles. The molecule has 1 aliphatic rings. The van der Waals surface area contributed by atoms with Crippen molar-refractivity contribution >= 4 is 17.3 Å². The zero-order valence-electron chi connectivity index (χ0n) is 12.9. The first-order valence-electron chi connectivity index (χ1n) is 7.60. The molecule has 24 heavy (non-hydrogen) atoms. The SMILES string of the molecule is O=C(O)C1=CC(c2ccsc2)CC(OCc2ccc(CO)cc2)O1. The van der Waals surface area contributed by atoms with Crippen molar-refractivity contribution in [3.8, 4) is 0 Å². The lowest BCUT2D eigenvalue weighted by molar-refractivity contribution is -0.159. The number of carboxylic acid groups (broad SMARTS) is 1. The number of carbonyl (C=O) groups is 1. The van der Waals surface area contributed by atoms with Crippen LogP contribution in [0.1, 0.15) is 29.0 Å². The predicted molar refractivity (Wildman–Crippen MR) is 89.4 cm³/mol. The molecule has 0 saturated carbocycles. The zero-order chi connectivity index (χ0) is 16.9. The Bertz CT molecular complexity index is 706. The van der Waals surface area contributed by atoms with Gasteiger partial charge in [0.15, 0.2) is 0 Å². The molecule has 0 bridgehead atoms. The van der Waals surface area contributed by atoms with Crippen molar-refractivity contribution in [1.29, 1.82) is 0 Å². The average molecular weight is 346 g/mol. The van der Waals surface area contributed by atoms with E-state index in [0.29, 0.717) is 13.0 Å². The Kier molecular flexibility index (Phi) is 5.30. The molecule has 0 fully saturated rings. The van der Waals surface area contributed by atoms with Gasteiger partial charge in [-0.25, -0.2) is 4.79 Å². The van der Waals surface area contributed by atoms with E-state index in [-0.39, 0.29) is 18.3 Å². The van der Waals surface area contributed by atoms with Crippen LogP contribution in [-0.2, 0) is 27.5 Å². The Hall–Kier alpha value is -2.15. The van der Waals surface area contributed by atoms with Gasteiger partial charge in [-0.15, -0.1) is 0 Å². The number of hydrogen-bond donors (Lipinski definition) is 2. The van der Waals surface area contributed by atoms with E-state index in [4.69, 9.17) is 14.6 Å². The molecule has 5 nitrogen and oxygen atoms in total. The summed E-state index contributed by atoms with van der Waals surface area (Å²) in [7, 11) is 0. The molecule has 3 rings (SSSR count).